The van der Waals surface area contributed by atoms with Crippen LogP contribution in [-0.4, -0.2) is 44.0 Å². The first-order valence-corrected chi connectivity index (χ1v) is 7.37. The highest BCUT2D eigenvalue weighted by Crippen LogP contribution is 2.31. The number of carbonyl (C=O) groups excluding carboxylic acids is 1. The summed E-state index contributed by atoms with van der Waals surface area (Å²) in [6.07, 6.45) is 5.74. The van der Waals surface area contributed by atoms with E-state index < -0.39 is 0 Å². The largest absolute Gasteiger partial charge is 0.356 e. The molecule has 0 aromatic rings. The van der Waals surface area contributed by atoms with E-state index in [0.29, 0.717) is 18.4 Å². The lowest BCUT2D eigenvalue weighted by Crippen LogP contribution is -2.40. The van der Waals surface area contributed by atoms with Crippen LogP contribution in [0.1, 0.15) is 32.1 Å². The van der Waals surface area contributed by atoms with Crippen molar-refractivity contribution in [2.45, 2.75) is 32.1 Å². The molecule has 1 aliphatic carbocycles. The predicted octanol–water partition coefficient (Wildman–Crippen LogP) is 1.66. The standard InChI is InChI=1S/C14H27N3O.2ClH/c1-17-7-5-11(6-8-17)10-16-14(18)13-4-2-3-12(13)9-15;;/h11-13H,2-10,15H2,1H3,(H,16,18);2*1H/t12-,13-;;/m1../s1. The number of hydrogen-bond acceptors (Lipinski definition) is 3. The molecule has 0 radical (unpaired) electrons. The maximum absolute atomic E-state index is 12.1. The zero-order valence-electron chi connectivity index (χ0n) is 12.3. The van der Waals surface area contributed by atoms with Crippen molar-refractivity contribution >= 4 is 30.7 Å². The second-order valence-corrected chi connectivity index (χ2v) is 6.02. The van der Waals surface area contributed by atoms with Gasteiger partial charge in [-0.2, -0.15) is 0 Å². The second-order valence-electron chi connectivity index (χ2n) is 6.02. The van der Waals surface area contributed by atoms with Crippen molar-refractivity contribution in [1.29, 1.82) is 0 Å². The Morgan fingerprint density at radius 1 is 1.20 bits per heavy atom. The Balaban J connectivity index is 0.00000180. The summed E-state index contributed by atoms with van der Waals surface area (Å²) in [7, 11) is 2.17. The van der Waals surface area contributed by atoms with E-state index in [1.165, 1.54) is 12.8 Å². The molecule has 2 rings (SSSR count). The Bertz CT molecular complexity index is 284. The number of nitrogens with two attached hydrogens (primary N) is 1. The summed E-state index contributed by atoms with van der Waals surface area (Å²) < 4.78 is 0. The molecule has 0 bridgehead atoms. The number of piperidine rings is 1. The van der Waals surface area contributed by atoms with Gasteiger partial charge in [-0.05, 0) is 64.2 Å². The van der Waals surface area contributed by atoms with Crippen LogP contribution in [0.4, 0.5) is 0 Å². The van der Waals surface area contributed by atoms with Gasteiger partial charge < -0.3 is 16.0 Å². The maximum Gasteiger partial charge on any atom is 0.223 e. The molecule has 2 fully saturated rings. The summed E-state index contributed by atoms with van der Waals surface area (Å²) in [6, 6.07) is 0. The first kappa shape index (κ1) is 20.0. The van der Waals surface area contributed by atoms with Crippen LogP contribution < -0.4 is 11.1 Å². The van der Waals surface area contributed by atoms with Crippen molar-refractivity contribution < 1.29 is 4.79 Å². The van der Waals surface area contributed by atoms with Gasteiger partial charge in [-0.15, -0.1) is 24.8 Å². The number of halogens is 2. The molecule has 1 aliphatic heterocycles. The number of likely N-dealkylation sites (tertiary alicyclic amines) is 1. The van der Waals surface area contributed by atoms with Gasteiger partial charge in [0.25, 0.3) is 0 Å². The third-order valence-electron chi connectivity index (χ3n) is 4.70. The number of amides is 1. The lowest BCUT2D eigenvalue weighted by atomic mass is 9.94. The number of nitrogens with zero attached hydrogens (tertiary/aromatic N) is 1. The molecule has 0 spiro atoms. The number of nitrogens with one attached hydrogen (secondary N) is 1. The van der Waals surface area contributed by atoms with Gasteiger partial charge in [0, 0.05) is 12.5 Å². The number of carbonyl (C=O) groups is 1. The van der Waals surface area contributed by atoms with Gasteiger partial charge in [0.15, 0.2) is 0 Å². The van der Waals surface area contributed by atoms with E-state index >= 15 is 0 Å². The highest BCUT2D eigenvalue weighted by molar-refractivity contribution is 5.85. The highest BCUT2D eigenvalue weighted by atomic mass is 35.5. The van der Waals surface area contributed by atoms with Gasteiger partial charge in [0.1, 0.15) is 0 Å². The summed E-state index contributed by atoms with van der Waals surface area (Å²) in [6.45, 7) is 3.84. The molecule has 1 heterocycles. The van der Waals surface area contributed by atoms with E-state index in [1.54, 1.807) is 0 Å². The zero-order valence-corrected chi connectivity index (χ0v) is 14.0. The van der Waals surface area contributed by atoms with E-state index in [2.05, 4.69) is 17.3 Å². The third-order valence-corrected chi connectivity index (χ3v) is 4.70. The minimum Gasteiger partial charge on any atom is -0.356 e. The highest BCUT2D eigenvalue weighted by Gasteiger charge is 2.32. The van der Waals surface area contributed by atoms with Crippen LogP contribution >= 0.6 is 24.8 Å². The molecule has 1 saturated carbocycles. The van der Waals surface area contributed by atoms with Crippen molar-refractivity contribution in [2.24, 2.45) is 23.5 Å². The van der Waals surface area contributed by atoms with Crippen LogP contribution in [0.2, 0.25) is 0 Å². The number of hydrogen-bond donors (Lipinski definition) is 2. The minimum absolute atomic E-state index is 0. The summed E-state index contributed by atoms with van der Waals surface area (Å²) in [5, 5.41) is 3.16. The Kier molecular flexibility index (Phi) is 9.81. The molecule has 0 aromatic heterocycles. The molecule has 0 unspecified atom stereocenters. The molecule has 4 nitrogen and oxygen atoms in total. The maximum atomic E-state index is 12.1. The van der Waals surface area contributed by atoms with E-state index in [9.17, 15) is 4.79 Å². The Hall–Kier alpha value is -0.0300. The second kappa shape index (κ2) is 9.82. The first-order valence-electron chi connectivity index (χ1n) is 7.37. The zero-order chi connectivity index (χ0) is 13.0. The fourth-order valence-corrected chi connectivity index (χ4v) is 3.31. The quantitative estimate of drug-likeness (QED) is 0.826. The summed E-state index contributed by atoms with van der Waals surface area (Å²) in [4.78, 5) is 14.5. The summed E-state index contributed by atoms with van der Waals surface area (Å²) in [5.74, 6) is 1.52. The molecule has 120 valence electrons. The molecule has 2 aliphatic rings. The molecule has 0 aromatic carbocycles. The molecular weight excluding hydrogens is 297 g/mol. The van der Waals surface area contributed by atoms with Gasteiger partial charge in [-0.3, -0.25) is 4.79 Å². The smallest absolute Gasteiger partial charge is 0.223 e. The molecular formula is C14H29Cl2N3O. The lowest BCUT2D eigenvalue weighted by Gasteiger charge is -2.29. The van der Waals surface area contributed by atoms with Crippen molar-refractivity contribution in [2.75, 3.05) is 33.2 Å². The SMILES string of the molecule is CN1CCC(CNC(=O)[C@@H]2CCC[C@@H]2CN)CC1.Cl.Cl. The van der Waals surface area contributed by atoms with Crippen LogP contribution in [0.5, 0.6) is 0 Å². The van der Waals surface area contributed by atoms with Crippen LogP contribution in [0, 0.1) is 17.8 Å². The normalized spacial score (nSPS) is 27.5. The van der Waals surface area contributed by atoms with Gasteiger partial charge in [0.05, 0.1) is 0 Å². The van der Waals surface area contributed by atoms with Crippen LogP contribution in [0.15, 0.2) is 0 Å². The average molecular weight is 326 g/mol. The average Bonchev–Trinajstić information content (AvgIpc) is 2.86. The van der Waals surface area contributed by atoms with Gasteiger partial charge >= 0.3 is 0 Å². The molecule has 20 heavy (non-hydrogen) atoms. The van der Waals surface area contributed by atoms with Gasteiger partial charge in [-0.25, -0.2) is 0 Å². The first-order chi connectivity index (χ1) is 8.70. The van der Waals surface area contributed by atoms with E-state index in [-0.39, 0.29) is 36.6 Å². The van der Waals surface area contributed by atoms with Crippen molar-refractivity contribution in [3.8, 4) is 0 Å². The predicted molar refractivity (Wildman–Crippen MR) is 87.6 cm³/mol. The topological polar surface area (TPSA) is 58.4 Å². The third kappa shape index (κ3) is 5.40. The Labute approximate surface area is 135 Å². The van der Waals surface area contributed by atoms with Crippen LogP contribution in [-0.2, 0) is 4.79 Å². The van der Waals surface area contributed by atoms with E-state index in [1.807, 2.05) is 0 Å². The van der Waals surface area contributed by atoms with E-state index in [4.69, 9.17) is 5.73 Å². The molecule has 1 saturated heterocycles. The van der Waals surface area contributed by atoms with Crippen molar-refractivity contribution in [3.63, 3.8) is 0 Å². The molecule has 6 heteroatoms. The Morgan fingerprint density at radius 2 is 1.85 bits per heavy atom. The fourth-order valence-electron chi connectivity index (χ4n) is 3.31. The molecule has 3 N–H and O–H groups in total. The molecule has 2 atom stereocenters. The minimum atomic E-state index is 0. The lowest BCUT2D eigenvalue weighted by molar-refractivity contribution is -0.126. The van der Waals surface area contributed by atoms with Gasteiger partial charge in [0.2, 0.25) is 5.91 Å². The number of rotatable bonds is 4. The van der Waals surface area contributed by atoms with Crippen LogP contribution in [0.3, 0.4) is 0 Å². The fraction of sp³-hybridized carbons (Fsp3) is 0.929. The monoisotopic (exact) mass is 325 g/mol. The molecule has 1 amide bonds. The van der Waals surface area contributed by atoms with E-state index in [0.717, 1.165) is 38.9 Å². The van der Waals surface area contributed by atoms with Crippen molar-refractivity contribution in [3.05, 3.63) is 0 Å². The van der Waals surface area contributed by atoms with Crippen molar-refractivity contribution in [1.82, 2.24) is 10.2 Å². The van der Waals surface area contributed by atoms with Gasteiger partial charge in [-0.1, -0.05) is 6.42 Å². The summed E-state index contributed by atoms with van der Waals surface area (Å²) >= 11 is 0. The summed E-state index contributed by atoms with van der Waals surface area (Å²) in [5.41, 5.74) is 5.73. The Morgan fingerprint density at radius 3 is 2.45 bits per heavy atom. The van der Waals surface area contributed by atoms with Crippen LogP contribution in [0.25, 0.3) is 0 Å².